The second-order valence-corrected chi connectivity index (χ2v) is 8.30. The van der Waals surface area contributed by atoms with Crippen LogP contribution in [0.1, 0.15) is 16.7 Å². The average Bonchev–Trinajstić information content (AvgIpc) is 3.25. The number of cyclic esters (lactones) is 1. The van der Waals surface area contributed by atoms with Gasteiger partial charge >= 0.3 is 5.97 Å². The maximum absolute atomic E-state index is 12.4. The molecule has 0 aliphatic carbocycles. The third-order valence-electron chi connectivity index (χ3n) is 5.56. The molecule has 0 unspecified atom stereocenters. The minimum Gasteiger partial charge on any atom is -0.489 e. The topological polar surface area (TPSA) is 35.5 Å². The van der Waals surface area contributed by atoms with Crippen molar-refractivity contribution in [1.82, 2.24) is 0 Å². The Hall–Kier alpha value is -4.08. The lowest BCUT2D eigenvalue weighted by molar-refractivity contribution is -0.130. The van der Waals surface area contributed by atoms with Crippen LogP contribution in [0, 0.1) is 0 Å². The standard InChI is InChI=1S/C30H21ClO3/c31-28-9-5-4-8-25(28)20-33-27-16-10-21(11-17-27)18-26-19-29(34-30(26)32)24-14-12-23(13-15-24)22-6-2-1-3-7-22/h1-19H,20H2/b26-18+. The van der Waals surface area contributed by atoms with E-state index in [1.54, 1.807) is 6.08 Å². The Morgan fingerprint density at radius 1 is 0.735 bits per heavy atom. The summed E-state index contributed by atoms with van der Waals surface area (Å²) in [5.41, 5.74) is 5.44. The zero-order valence-corrected chi connectivity index (χ0v) is 19.0. The van der Waals surface area contributed by atoms with Crippen molar-refractivity contribution in [3.05, 3.63) is 136 Å². The number of halogens is 1. The number of carbonyl (C=O) groups excluding carboxylic acids is 1. The third kappa shape index (κ3) is 4.95. The molecule has 0 bridgehead atoms. The van der Waals surface area contributed by atoms with E-state index in [9.17, 15) is 4.79 Å². The zero-order chi connectivity index (χ0) is 23.3. The highest BCUT2D eigenvalue weighted by Gasteiger charge is 2.22. The number of carbonyl (C=O) groups is 1. The fraction of sp³-hybridized carbons (Fsp3) is 0.0333. The Balaban J connectivity index is 1.28. The highest BCUT2D eigenvalue weighted by molar-refractivity contribution is 6.31. The van der Waals surface area contributed by atoms with E-state index in [4.69, 9.17) is 21.1 Å². The Bertz CT molecular complexity index is 1370. The van der Waals surface area contributed by atoms with Crippen LogP contribution < -0.4 is 4.74 Å². The van der Waals surface area contributed by atoms with E-state index in [2.05, 4.69) is 12.1 Å². The summed E-state index contributed by atoms with van der Waals surface area (Å²) in [6.07, 6.45) is 3.59. The molecule has 0 atom stereocenters. The van der Waals surface area contributed by atoms with E-state index < -0.39 is 0 Å². The van der Waals surface area contributed by atoms with Gasteiger partial charge < -0.3 is 9.47 Å². The normalized spacial score (nSPS) is 14.1. The van der Waals surface area contributed by atoms with Gasteiger partial charge in [-0.3, -0.25) is 0 Å². The molecule has 1 heterocycles. The number of esters is 1. The Morgan fingerprint density at radius 2 is 1.38 bits per heavy atom. The predicted molar refractivity (Wildman–Crippen MR) is 136 cm³/mol. The second-order valence-electron chi connectivity index (χ2n) is 7.89. The van der Waals surface area contributed by atoms with E-state index in [1.165, 1.54) is 0 Å². The van der Waals surface area contributed by atoms with Gasteiger partial charge in [-0.05, 0) is 47.0 Å². The van der Waals surface area contributed by atoms with Gasteiger partial charge in [-0.25, -0.2) is 4.79 Å². The molecule has 34 heavy (non-hydrogen) atoms. The molecule has 3 nitrogen and oxygen atoms in total. The predicted octanol–water partition coefficient (Wildman–Crippen LogP) is 7.57. The van der Waals surface area contributed by atoms with Crippen molar-refractivity contribution in [2.75, 3.05) is 0 Å². The van der Waals surface area contributed by atoms with E-state index in [-0.39, 0.29) is 5.97 Å². The van der Waals surface area contributed by atoms with Crippen molar-refractivity contribution in [2.45, 2.75) is 6.61 Å². The van der Waals surface area contributed by atoms with Crippen molar-refractivity contribution in [2.24, 2.45) is 0 Å². The highest BCUT2D eigenvalue weighted by atomic mass is 35.5. The summed E-state index contributed by atoms with van der Waals surface area (Å²) in [7, 11) is 0. The van der Waals surface area contributed by atoms with E-state index in [1.807, 2.05) is 97.1 Å². The number of benzene rings is 4. The lowest BCUT2D eigenvalue weighted by Crippen LogP contribution is -1.97. The largest absolute Gasteiger partial charge is 0.489 e. The van der Waals surface area contributed by atoms with Crippen LogP contribution in [-0.2, 0) is 16.1 Å². The lowest BCUT2D eigenvalue weighted by Gasteiger charge is -2.08. The van der Waals surface area contributed by atoms with Gasteiger partial charge in [0.05, 0.1) is 5.57 Å². The van der Waals surface area contributed by atoms with Crippen molar-refractivity contribution >= 4 is 29.4 Å². The van der Waals surface area contributed by atoms with Crippen molar-refractivity contribution in [1.29, 1.82) is 0 Å². The molecule has 1 aliphatic rings. The van der Waals surface area contributed by atoms with Crippen LogP contribution in [0.2, 0.25) is 5.02 Å². The summed E-state index contributed by atoms with van der Waals surface area (Å²) in [5.74, 6) is 0.919. The first-order valence-corrected chi connectivity index (χ1v) is 11.3. The molecule has 0 amide bonds. The van der Waals surface area contributed by atoms with Crippen molar-refractivity contribution in [3.63, 3.8) is 0 Å². The first-order chi connectivity index (χ1) is 16.7. The van der Waals surface area contributed by atoms with Gasteiger partial charge in [-0.1, -0.05) is 96.5 Å². The minimum atomic E-state index is -0.360. The highest BCUT2D eigenvalue weighted by Crippen LogP contribution is 2.29. The third-order valence-corrected chi connectivity index (χ3v) is 5.92. The van der Waals surface area contributed by atoms with Gasteiger partial charge in [0.2, 0.25) is 0 Å². The van der Waals surface area contributed by atoms with E-state index in [0.717, 1.165) is 33.6 Å². The maximum atomic E-state index is 12.4. The molecule has 0 radical (unpaired) electrons. The molecule has 0 fully saturated rings. The van der Waals surface area contributed by atoms with Gasteiger partial charge in [-0.15, -0.1) is 0 Å². The summed E-state index contributed by atoms with van der Waals surface area (Å²) in [6, 6.07) is 33.3. The van der Waals surface area contributed by atoms with Crippen LogP contribution in [0.5, 0.6) is 5.75 Å². The van der Waals surface area contributed by atoms with Crippen molar-refractivity contribution in [3.8, 4) is 16.9 Å². The number of ether oxygens (including phenoxy) is 2. The lowest BCUT2D eigenvalue weighted by atomic mass is 10.0. The van der Waals surface area contributed by atoms with E-state index >= 15 is 0 Å². The van der Waals surface area contributed by atoms with Crippen LogP contribution in [0.15, 0.2) is 115 Å². The van der Waals surface area contributed by atoms with Crippen molar-refractivity contribution < 1.29 is 14.3 Å². The fourth-order valence-electron chi connectivity index (χ4n) is 3.71. The molecule has 0 aromatic heterocycles. The summed E-state index contributed by atoms with van der Waals surface area (Å²) in [5, 5.41) is 0.681. The fourth-order valence-corrected chi connectivity index (χ4v) is 3.90. The van der Waals surface area contributed by atoms with Gasteiger partial charge in [0.1, 0.15) is 18.1 Å². The van der Waals surface area contributed by atoms with Crippen LogP contribution >= 0.6 is 11.6 Å². The summed E-state index contributed by atoms with van der Waals surface area (Å²) < 4.78 is 11.3. The number of hydrogen-bond acceptors (Lipinski definition) is 3. The SMILES string of the molecule is O=C1OC(c2ccc(-c3ccccc3)cc2)=C/C1=C\c1ccc(OCc2ccccc2Cl)cc1. The second kappa shape index (κ2) is 9.82. The van der Waals surface area contributed by atoms with Crippen LogP contribution in [0.3, 0.4) is 0 Å². The monoisotopic (exact) mass is 464 g/mol. The maximum Gasteiger partial charge on any atom is 0.343 e. The Kier molecular flexibility index (Phi) is 6.28. The number of hydrogen-bond donors (Lipinski definition) is 0. The summed E-state index contributed by atoms with van der Waals surface area (Å²) >= 11 is 6.18. The molecule has 0 N–H and O–H groups in total. The molecule has 0 saturated heterocycles. The molecule has 4 aromatic carbocycles. The molecule has 166 valence electrons. The van der Waals surface area contributed by atoms with Gasteiger partial charge in [0.25, 0.3) is 0 Å². The molecule has 1 aliphatic heterocycles. The van der Waals surface area contributed by atoms with Crippen LogP contribution in [0.25, 0.3) is 23.0 Å². The quantitative estimate of drug-likeness (QED) is 0.218. The van der Waals surface area contributed by atoms with Crippen LogP contribution in [-0.4, -0.2) is 5.97 Å². The van der Waals surface area contributed by atoms with Crippen LogP contribution in [0.4, 0.5) is 0 Å². The zero-order valence-electron chi connectivity index (χ0n) is 18.3. The molecule has 4 aromatic rings. The molecule has 0 saturated carbocycles. The van der Waals surface area contributed by atoms with Gasteiger partial charge in [0.15, 0.2) is 0 Å². The van der Waals surface area contributed by atoms with Gasteiger partial charge in [-0.2, -0.15) is 0 Å². The average molecular weight is 465 g/mol. The summed E-state index contributed by atoms with van der Waals surface area (Å²) in [6.45, 7) is 0.390. The first kappa shape index (κ1) is 21.7. The van der Waals surface area contributed by atoms with E-state index in [0.29, 0.717) is 23.0 Å². The number of rotatable bonds is 6. The summed E-state index contributed by atoms with van der Waals surface area (Å²) in [4.78, 5) is 12.4. The minimum absolute atomic E-state index is 0.360. The molecular weight excluding hydrogens is 444 g/mol. The Labute approximate surface area is 203 Å². The molecular formula is C30H21ClO3. The van der Waals surface area contributed by atoms with Gasteiger partial charge in [0, 0.05) is 16.1 Å². The first-order valence-electron chi connectivity index (χ1n) is 10.9. The molecule has 5 rings (SSSR count). The molecule has 0 spiro atoms. The smallest absolute Gasteiger partial charge is 0.343 e. The Morgan fingerprint density at radius 3 is 2.12 bits per heavy atom. The molecule has 4 heteroatoms.